The number of halogens is 4. The molecule has 0 aliphatic carbocycles. The van der Waals surface area contributed by atoms with Crippen molar-refractivity contribution >= 4 is 17.5 Å². The molecule has 0 aliphatic heterocycles. The van der Waals surface area contributed by atoms with Crippen molar-refractivity contribution in [2.75, 3.05) is 6.61 Å². The van der Waals surface area contributed by atoms with Gasteiger partial charge in [0.05, 0.1) is 11.1 Å². The Morgan fingerprint density at radius 3 is 2.48 bits per heavy atom. The summed E-state index contributed by atoms with van der Waals surface area (Å²) in [5.41, 5.74) is 0.152. The number of nitrogens with one attached hydrogen (secondary N) is 1. The molecule has 0 saturated heterocycles. The van der Waals surface area contributed by atoms with E-state index in [1.54, 1.807) is 6.92 Å². The van der Waals surface area contributed by atoms with E-state index in [2.05, 4.69) is 5.32 Å². The maximum atomic E-state index is 13.6. The van der Waals surface area contributed by atoms with Crippen molar-refractivity contribution in [2.24, 2.45) is 0 Å². The first-order chi connectivity index (χ1) is 10.9. The molecule has 0 fully saturated rings. The fraction of sp³-hybridized carbons (Fsp3) is 0.188. The summed E-state index contributed by atoms with van der Waals surface area (Å²) in [6.45, 7) is 1.18. The minimum absolute atomic E-state index is 0.0374. The second-order valence-electron chi connectivity index (χ2n) is 4.82. The number of carbonyl (C=O) groups excluding carboxylic acids is 1. The van der Waals surface area contributed by atoms with Crippen LogP contribution in [-0.2, 0) is 4.79 Å². The lowest BCUT2D eigenvalue weighted by Gasteiger charge is -2.15. The number of amides is 1. The number of hydrogen-bond donors (Lipinski definition) is 1. The highest BCUT2D eigenvalue weighted by Gasteiger charge is 2.15. The van der Waals surface area contributed by atoms with Crippen LogP contribution >= 0.6 is 11.6 Å². The zero-order valence-corrected chi connectivity index (χ0v) is 12.8. The number of rotatable bonds is 5. The van der Waals surface area contributed by atoms with E-state index in [0.29, 0.717) is 0 Å². The molecule has 1 atom stereocenters. The van der Waals surface area contributed by atoms with Crippen LogP contribution in [0.25, 0.3) is 0 Å². The fourth-order valence-corrected chi connectivity index (χ4v) is 2.17. The van der Waals surface area contributed by atoms with Crippen LogP contribution < -0.4 is 10.1 Å². The van der Waals surface area contributed by atoms with Crippen molar-refractivity contribution in [1.82, 2.24) is 5.32 Å². The van der Waals surface area contributed by atoms with E-state index in [4.69, 9.17) is 16.3 Å². The highest BCUT2D eigenvalue weighted by Crippen LogP contribution is 2.24. The van der Waals surface area contributed by atoms with Crippen molar-refractivity contribution in [3.8, 4) is 5.75 Å². The van der Waals surface area contributed by atoms with Gasteiger partial charge in [0.1, 0.15) is 23.2 Å². The third-order valence-electron chi connectivity index (χ3n) is 3.06. The van der Waals surface area contributed by atoms with Gasteiger partial charge in [-0.3, -0.25) is 4.79 Å². The van der Waals surface area contributed by atoms with Crippen LogP contribution in [0.1, 0.15) is 18.5 Å². The minimum atomic E-state index is -0.750. The Kier molecular flexibility index (Phi) is 5.50. The van der Waals surface area contributed by atoms with Crippen molar-refractivity contribution in [1.29, 1.82) is 0 Å². The molecule has 0 saturated carbocycles. The molecule has 0 unspecified atom stereocenters. The van der Waals surface area contributed by atoms with Gasteiger partial charge in [0.15, 0.2) is 6.61 Å². The molecule has 2 aromatic rings. The van der Waals surface area contributed by atoms with Gasteiger partial charge >= 0.3 is 0 Å². The van der Waals surface area contributed by atoms with Gasteiger partial charge in [-0.05, 0) is 31.2 Å². The van der Waals surface area contributed by atoms with Crippen LogP contribution in [0, 0.1) is 17.5 Å². The van der Waals surface area contributed by atoms with E-state index in [0.717, 1.165) is 24.3 Å². The van der Waals surface area contributed by atoms with Gasteiger partial charge in [-0.25, -0.2) is 13.2 Å². The van der Waals surface area contributed by atoms with E-state index < -0.39 is 29.4 Å². The lowest BCUT2D eigenvalue weighted by atomic mass is 10.1. The Balaban J connectivity index is 1.93. The van der Waals surface area contributed by atoms with Crippen LogP contribution in [0.5, 0.6) is 5.75 Å². The normalized spacial score (nSPS) is 11.9. The van der Waals surface area contributed by atoms with Crippen LogP contribution in [-0.4, -0.2) is 12.5 Å². The summed E-state index contributed by atoms with van der Waals surface area (Å²) in [7, 11) is 0. The van der Waals surface area contributed by atoms with Crippen LogP contribution in [0.3, 0.4) is 0 Å². The number of hydrogen-bond acceptors (Lipinski definition) is 2. The maximum Gasteiger partial charge on any atom is 0.258 e. The smallest absolute Gasteiger partial charge is 0.258 e. The van der Waals surface area contributed by atoms with Gasteiger partial charge in [-0.2, -0.15) is 0 Å². The number of ether oxygens (including phenoxy) is 1. The predicted octanol–water partition coefficient (Wildman–Crippen LogP) is 4.01. The maximum absolute atomic E-state index is 13.6. The second-order valence-corrected chi connectivity index (χ2v) is 5.23. The van der Waals surface area contributed by atoms with Crippen LogP contribution in [0.15, 0.2) is 36.4 Å². The summed E-state index contributed by atoms with van der Waals surface area (Å²) in [6.07, 6.45) is 0. The molecule has 3 nitrogen and oxygen atoms in total. The third-order valence-corrected chi connectivity index (χ3v) is 3.35. The quantitative estimate of drug-likeness (QED) is 0.890. The lowest BCUT2D eigenvalue weighted by molar-refractivity contribution is -0.123. The highest BCUT2D eigenvalue weighted by atomic mass is 35.5. The summed E-state index contributed by atoms with van der Waals surface area (Å²) in [5, 5.41) is 2.55. The summed E-state index contributed by atoms with van der Waals surface area (Å²) < 4.78 is 44.5. The van der Waals surface area contributed by atoms with E-state index in [-0.39, 0.29) is 22.9 Å². The molecule has 122 valence electrons. The first-order valence-electron chi connectivity index (χ1n) is 6.69. The monoisotopic (exact) mass is 343 g/mol. The molecule has 0 aromatic heterocycles. The van der Waals surface area contributed by atoms with Gasteiger partial charge in [0, 0.05) is 11.6 Å². The second kappa shape index (κ2) is 7.37. The molecule has 0 radical (unpaired) electrons. The predicted molar refractivity (Wildman–Crippen MR) is 79.8 cm³/mol. The van der Waals surface area contributed by atoms with Gasteiger partial charge in [-0.15, -0.1) is 0 Å². The first-order valence-corrected chi connectivity index (χ1v) is 7.07. The van der Waals surface area contributed by atoms with Crippen molar-refractivity contribution in [2.45, 2.75) is 13.0 Å². The lowest BCUT2D eigenvalue weighted by Crippen LogP contribution is -2.31. The van der Waals surface area contributed by atoms with Gasteiger partial charge < -0.3 is 10.1 Å². The summed E-state index contributed by atoms with van der Waals surface area (Å²) >= 11 is 5.77. The van der Waals surface area contributed by atoms with Gasteiger partial charge in [0.2, 0.25) is 0 Å². The molecule has 1 amide bonds. The molecule has 2 rings (SSSR count). The Morgan fingerprint density at radius 2 is 1.83 bits per heavy atom. The van der Waals surface area contributed by atoms with E-state index in [9.17, 15) is 18.0 Å². The average molecular weight is 344 g/mol. The third kappa shape index (κ3) is 4.63. The Bertz CT molecular complexity index is 724. The molecule has 1 N–H and O–H groups in total. The number of carbonyl (C=O) groups is 1. The molecule has 0 heterocycles. The molecule has 7 heteroatoms. The first kappa shape index (κ1) is 17.1. The zero-order chi connectivity index (χ0) is 17.0. The van der Waals surface area contributed by atoms with E-state index in [1.807, 2.05) is 0 Å². The summed E-state index contributed by atoms with van der Waals surface area (Å²) in [5.74, 6) is -2.34. The Hall–Kier alpha value is -2.21. The largest absolute Gasteiger partial charge is 0.482 e. The molecule has 0 aliphatic rings. The summed E-state index contributed by atoms with van der Waals surface area (Å²) in [6, 6.07) is 5.95. The number of benzene rings is 2. The van der Waals surface area contributed by atoms with Gasteiger partial charge in [-0.1, -0.05) is 17.7 Å². The Morgan fingerprint density at radius 1 is 1.17 bits per heavy atom. The zero-order valence-electron chi connectivity index (χ0n) is 12.1. The Labute approximate surface area is 136 Å². The fourth-order valence-electron chi connectivity index (χ4n) is 1.95. The SMILES string of the molecule is C[C@H](NC(=O)COc1ccc(F)cc1Cl)c1ccc(F)cc1F. The topological polar surface area (TPSA) is 38.3 Å². The van der Waals surface area contributed by atoms with E-state index in [1.165, 1.54) is 12.1 Å². The van der Waals surface area contributed by atoms with Crippen LogP contribution in [0.2, 0.25) is 5.02 Å². The average Bonchev–Trinajstić information content (AvgIpc) is 2.46. The molecular formula is C16H13ClF3NO2. The molecular weight excluding hydrogens is 331 g/mol. The molecule has 23 heavy (non-hydrogen) atoms. The van der Waals surface area contributed by atoms with Crippen LogP contribution in [0.4, 0.5) is 13.2 Å². The van der Waals surface area contributed by atoms with E-state index >= 15 is 0 Å². The van der Waals surface area contributed by atoms with Gasteiger partial charge in [0.25, 0.3) is 5.91 Å². The van der Waals surface area contributed by atoms with Crippen molar-refractivity contribution < 1.29 is 22.7 Å². The van der Waals surface area contributed by atoms with Crippen molar-refractivity contribution in [3.63, 3.8) is 0 Å². The summed E-state index contributed by atoms with van der Waals surface area (Å²) in [4.78, 5) is 11.8. The molecule has 0 spiro atoms. The standard InChI is InChI=1S/C16H13ClF3NO2/c1-9(12-4-2-11(19)7-14(12)20)21-16(22)8-23-15-5-3-10(18)6-13(15)17/h2-7,9H,8H2,1H3,(H,21,22)/t9-/m0/s1. The minimum Gasteiger partial charge on any atom is -0.482 e. The van der Waals surface area contributed by atoms with Crippen molar-refractivity contribution in [3.05, 3.63) is 64.4 Å². The molecule has 2 aromatic carbocycles. The molecule has 0 bridgehead atoms. The highest BCUT2D eigenvalue weighted by molar-refractivity contribution is 6.32.